The molecule has 1 heterocycles. The van der Waals surface area contributed by atoms with Crippen LogP contribution in [0.3, 0.4) is 0 Å². The Hall–Kier alpha value is -2.50. The fourth-order valence-corrected chi connectivity index (χ4v) is 2.01. The molecule has 0 aliphatic carbocycles. The average Bonchev–Trinajstić information content (AvgIpc) is 2.50. The monoisotopic (exact) mass is 287 g/mol. The van der Waals surface area contributed by atoms with Gasteiger partial charge in [0, 0.05) is 18.0 Å². The summed E-state index contributed by atoms with van der Waals surface area (Å²) in [5.41, 5.74) is 1.67. The van der Waals surface area contributed by atoms with Crippen molar-refractivity contribution in [2.45, 2.75) is 32.2 Å². The van der Waals surface area contributed by atoms with Crippen molar-refractivity contribution in [3.8, 4) is 0 Å². The van der Waals surface area contributed by atoms with Gasteiger partial charge in [-0.2, -0.15) is 0 Å². The number of nitrogens with zero attached hydrogens (tertiary/aromatic N) is 2. The quantitative estimate of drug-likeness (QED) is 0.847. The normalized spacial score (nSPS) is 12.0. The number of unbranched alkanes of at least 4 members (excludes halogenated alkanes) is 1. The first-order valence-corrected chi connectivity index (χ1v) is 6.86. The summed E-state index contributed by atoms with van der Waals surface area (Å²) < 4.78 is 0. The molecule has 0 bridgehead atoms. The number of rotatable bonds is 6. The topological polar surface area (TPSA) is 92.2 Å². The second-order valence-corrected chi connectivity index (χ2v) is 4.77. The van der Waals surface area contributed by atoms with Gasteiger partial charge in [0.1, 0.15) is 6.04 Å². The highest BCUT2D eigenvalue weighted by Crippen LogP contribution is 2.11. The number of nitrogens with one attached hydrogen (secondary N) is 1. The summed E-state index contributed by atoms with van der Waals surface area (Å²) in [5, 5.41) is 11.7. The van der Waals surface area contributed by atoms with Crippen molar-refractivity contribution in [3.05, 3.63) is 36.2 Å². The van der Waals surface area contributed by atoms with Gasteiger partial charge < -0.3 is 10.4 Å². The summed E-state index contributed by atoms with van der Waals surface area (Å²) in [6.45, 7) is 1.97. The Morgan fingerprint density at radius 1 is 1.24 bits per heavy atom. The van der Waals surface area contributed by atoms with E-state index in [1.807, 2.05) is 6.92 Å². The number of carbonyl (C=O) groups excluding carboxylic acids is 1. The van der Waals surface area contributed by atoms with Crippen molar-refractivity contribution < 1.29 is 14.7 Å². The van der Waals surface area contributed by atoms with Crippen LogP contribution in [0.25, 0.3) is 11.0 Å². The number of carboxylic acid groups (broad SMARTS) is 1. The maximum absolute atomic E-state index is 12.1. The number of benzene rings is 1. The summed E-state index contributed by atoms with van der Waals surface area (Å²) >= 11 is 0. The highest BCUT2D eigenvalue weighted by atomic mass is 16.4. The molecule has 0 aliphatic heterocycles. The largest absolute Gasteiger partial charge is 0.480 e. The third kappa shape index (κ3) is 3.75. The maximum atomic E-state index is 12.1. The van der Waals surface area contributed by atoms with Crippen molar-refractivity contribution in [2.24, 2.45) is 0 Å². The lowest BCUT2D eigenvalue weighted by Crippen LogP contribution is -2.40. The van der Waals surface area contributed by atoms with Crippen molar-refractivity contribution in [2.75, 3.05) is 0 Å². The molecule has 21 heavy (non-hydrogen) atoms. The van der Waals surface area contributed by atoms with Gasteiger partial charge in [0.15, 0.2) is 0 Å². The van der Waals surface area contributed by atoms with E-state index in [0.717, 1.165) is 12.8 Å². The highest BCUT2D eigenvalue weighted by molar-refractivity contribution is 5.99. The van der Waals surface area contributed by atoms with E-state index in [1.54, 1.807) is 30.6 Å². The smallest absolute Gasteiger partial charge is 0.326 e. The number of carbonyl (C=O) groups is 2. The lowest BCUT2D eigenvalue weighted by Gasteiger charge is -2.14. The van der Waals surface area contributed by atoms with Crippen molar-refractivity contribution >= 4 is 22.9 Å². The number of aliphatic carboxylic acids is 1. The number of fused-ring (bicyclic) bond motifs is 1. The predicted molar refractivity (Wildman–Crippen MR) is 78.0 cm³/mol. The summed E-state index contributed by atoms with van der Waals surface area (Å²) in [6, 6.07) is 4.05. The Bertz CT molecular complexity index is 657. The van der Waals surface area contributed by atoms with Gasteiger partial charge in [-0.1, -0.05) is 19.8 Å². The van der Waals surface area contributed by atoms with E-state index in [-0.39, 0.29) is 0 Å². The lowest BCUT2D eigenvalue weighted by atomic mass is 10.1. The lowest BCUT2D eigenvalue weighted by molar-refractivity contribution is -0.139. The van der Waals surface area contributed by atoms with Crippen LogP contribution in [0.4, 0.5) is 0 Å². The SMILES string of the molecule is CCCC[C@H](NC(=O)c1ccc2nccnc2c1)C(=O)O. The van der Waals surface area contributed by atoms with E-state index >= 15 is 0 Å². The molecule has 1 atom stereocenters. The molecule has 0 aliphatic rings. The van der Waals surface area contributed by atoms with Crippen molar-refractivity contribution in [1.82, 2.24) is 15.3 Å². The number of amides is 1. The van der Waals surface area contributed by atoms with Gasteiger partial charge in [-0.05, 0) is 24.6 Å². The third-order valence-electron chi connectivity index (χ3n) is 3.18. The predicted octanol–water partition coefficient (Wildman–Crippen LogP) is 2.00. The second-order valence-electron chi connectivity index (χ2n) is 4.77. The second kappa shape index (κ2) is 6.78. The zero-order chi connectivity index (χ0) is 15.2. The zero-order valence-corrected chi connectivity index (χ0v) is 11.7. The van der Waals surface area contributed by atoms with E-state index in [9.17, 15) is 9.59 Å². The fraction of sp³-hybridized carbons (Fsp3) is 0.333. The van der Waals surface area contributed by atoms with Gasteiger partial charge in [-0.15, -0.1) is 0 Å². The number of aromatic nitrogens is 2. The first-order chi connectivity index (χ1) is 10.1. The zero-order valence-electron chi connectivity index (χ0n) is 11.7. The van der Waals surface area contributed by atoms with Gasteiger partial charge in [0.05, 0.1) is 11.0 Å². The van der Waals surface area contributed by atoms with Crippen LogP contribution in [-0.2, 0) is 4.79 Å². The molecule has 0 radical (unpaired) electrons. The molecule has 0 unspecified atom stereocenters. The van der Waals surface area contributed by atoms with Gasteiger partial charge in [-0.25, -0.2) is 4.79 Å². The minimum Gasteiger partial charge on any atom is -0.480 e. The molecule has 0 saturated heterocycles. The van der Waals surface area contributed by atoms with Crippen molar-refractivity contribution in [3.63, 3.8) is 0 Å². The molecule has 6 nitrogen and oxygen atoms in total. The first-order valence-electron chi connectivity index (χ1n) is 6.86. The minimum absolute atomic E-state index is 0.380. The molecular formula is C15H17N3O3. The summed E-state index contributed by atoms with van der Waals surface area (Å²) in [7, 11) is 0. The van der Waals surface area contributed by atoms with Crippen LogP contribution in [0.2, 0.25) is 0 Å². The van der Waals surface area contributed by atoms with Crippen LogP contribution in [0.15, 0.2) is 30.6 Å². The van der Waals surface area contributed by atoms with Crippen LogP contribution in [0.5, 0.6) is 0 Å². The first kappa shape index (κ1) is 14.9. The Morgan fingerprint density at radius 2 is 1.95 bits per heavy atom. The van der Waals surface area contributed by atoms with Gasteiger partial charge >= 0.3 is 5.97 Å². The van der Waals surface area contributed by atoms with Crippen LogP contribution in [0.1, 0.15) is 36.5 Å². The molecule has 2 aromatic rings. The molecule has 1 aromatic heterocycles. The molecular weight excluding hydrogens is 270 g/mol. The van der Waals surface area contributed by atoms with Gasteiger partial charge in [-0.3, -0.25) is 14.8 Å². The Kier molecular flexibility index (Phi) is 4.81. The molecule has 0 fully saturated rings. The number of carboxylic acids is 1. The standard InChI is InChI=1S/C15H17N3O3/c1-2-3-4-12(15(20)21)18-14(19)10-5-6-11-13(9-10)17-8-7-16-11/h5-9,12H,2-4H2,1H3,(H,18,19)(H,20,21)/t12-/m0/s1. The Balaban J connectivity index is 2.15. The van der Waals surface area contributed by atoms with E-state index < -0.39 is 17.9 Å². The average molecular weight is 287 g/mol. The van der Waals surface area contributed by atoms with E-state index in [4.69, 9.17) is 5.11 Å². The summed E-state index contributed by atoms with van der Waals surface area (Å²) in [5.74, 6) is -1.43. The van der Waals surface area contributed by atoms with Gasteiger partial charge in [0.2, 0.25) is 0 Å². The van der Waals surface area contributed by atoms with Crippen molar-refractivity contribution in [1.29, 1.82) is 0 Å². The summed E-state index contributed by atoms with van der Waals surface area (Å²) in [4.78, 5) is 31.5. The molecule has 110 valence electrons. The maximum Gasteiger partial charge on any atom is 0.326 e. The van der Waals surface area contributed by atoms with Crippen LogP contribution in [0, 0.1) is 0 Å². The van der Waals surface area contributed by atoms with Crippen LogP contribution >= 0.6 is 0 Å². The van der Waals surface area contributed by atoms with Gasteiger partial charge in [0.25, 0.3) is 5.91 Å². The molecule has 0 spiro atoms. The molecule has 2 rings (SSSR count). The molecule has 6 heteroatoms. The molecule has 0 saturated carbocycles. The molecule has 2 N–H and O–H groups in total. The summed E-state index contributed by atoms with van der Waals surface area (Å²) in [6.07, 6.45) is 5.18. The molecule has 1 amide bonds. The fourth-order valence-electron chi connectivity index (χ4n) is 2.01. The Labute approximate surface area is 122 Å². The van der Waals surface area contributed by atoms with E-state index in [2.05, 4.69) is 15.3 Å². The van der Waals surface area contributed by atoms with E-state index in [1.165, 1.54) is 0 Å². The minimum atomic E-state index is -1.02. The number of hydrogen-bond donors (Lipinski definition) is 2. The number of hydrogen-bond acceptors (Lipinski definition) is 4. The molecule has 1 aromatic carbocycles. The van der Waals surface area contributed by atoms with E-state index in [0.29, 0.717) is 23.0 Å². The highest BCUT2D eigenvalue weighted by Gasteiger charge is 2.20. The third-order valence-corrected chi connectivity index (χ3v) is 3.18. The Morgan fingerprint density at radius 3 is 2.62 bits per heavy atom. The van der Waals surface area contributed by atoms with Crippen LogP contribution < -0.4 is 5.32 Å². The van der Waals surface area contributed by atoms with Crippen LogP contribution in [-0.4, -0.2) is 33.0 Å².